The normalized spacial score (nSPS) is 10.7. The third kappa shape index (κ3) is 3.71. The lowest BCUT2D eigenvalue weighted by molar-refractivity contribution is -0.114. The average molecular weight is 336 g/mol. The second-order valence-electron chi connectivity index (χ2n) is 6.09. The van der Waals surface area contributed by atoms with E-state index in [-0.39, 0.29) is 11.5 Å². The SMILES string of the molecule is CC(=O)Nc1cccc(NCc2cc(=O)oc3c(C)c(C)ccc23)c1. The Morgan fingerprint density at radius 2 is 1.84 bits per heavy atom. The van der Waals surface area contributed by atoms with Gasteiger partial charge in [0.15, 0.2) is 0 Å². The Kier molecular flexibility index (Phi) is 4.57. The van der Waals surface area contributed by atoms with Crippen molar-refractivity contribution in [1.29, 1.82) is 0 Å². The highest BCUT2D eigenvalue weighted by Crippen LogP contribution is 2.24. The molecule has 0 bridgehead atoms. The fraction of sp³-hybridized carbons (Fsp3) is 0.200. The summed E-state index contributed by atoms with van der Waals surface area (Å²) < 4.78 is 5.40. The van der Waals surface area contributed by atoms with Gasteiger partial charge in [0.1, 0.15) is 5.58 Å². The van der Waals surface area contributed by atoms with Gasteiger partial charge in [0.25, 0.3) is 0 Å². The Morgan fingerprint density at radius 1 is 1.08 bits per heavy atom. The van der Waals surface area contributed by atoms with E-state index in [1.165, 1.54) is 13.0 Å². The molecule has 2 N–H and O–H groups in total. The number of aryl methyl sites for hydroxylation is 2. The number of nitrogens with one attached hydrogen (secondary N) is 2. The molecule has 0 fully saturated rings. The summed E-state index contributed by atoms with van der Waals surface area (Å²) in [4.78, 5) is 23.1. The highest BCUT2D eigenvalue weighted by atomic mass is 16.4. The molecule has 25 heavy (non-hydrogen) atoms. The van der Waals surface area contributed by atoms with Crippen molar-refractivity contribution in [1.82, 2.24) is 0 Å². The average Bonchev–Trinajstić information content (AvgIpc) is 2.56. The van der Waals surface area contributed by atoms with Crippen LogP contribution in [0.5, 0.6) is 0 Å². The van der Waals surface area contributed by atoms with Gasteiger partial charge in [0, 0.05) is 36.3 Å². The van der Waals surface area contributed by atoms with Crippen LogP contribution in [0.1, 0.15) is 23.6 Å². The first-order valence-corrected chi connectivity index (χ1v) is 8.08. The van der Waals surface area contributed by atoms with Gasteiger partial charge in [0.05, 0.1) is 0 Å². The number of amides is 1. The molecule has 1 amide bonds. The summed E-state index contributed by atoms with van der Waals surface area (Å²) in [5.74, 6) is -0.116. The predicted octanol–water partition coefficient (Wildman–Crippen LogP) is 3.98. The number of hydrogen-bond donors (Lipinski definition) is 2. The fourth-order valence-corrected chi connectivity index (χ4v) is 2.78. The minimum atomic E-state index is -0.356. The summed E-state index contributed by atoms with van der Waals surface area (Å²) in [6, 6.07) is 13.0. The van der Waals surface area contributed by atoms with E-state index in [0.29, 0.717) is 12.1 Å². The van der Waals surface area contributed by atoms with Crippen LogP contribution in [0.2, 0.25) is 0 Å². The van der Waals surface area contributed by atoms with Gasteiger partial charge < -0.3 is 15.1 Å². The van der Waals surface area contributed by atoms with Gasteiger partial charge >= 0.3 is 5.63 Å². The van der Waals surface area contributed by atoms with Crippen molar-refractivity contribution in [2.75, 3.05) is 10.6 Å². The van der Waals surface area contributed by atoms with Crippen molar-refractivity contribution in [3.63, 3.8) is 0 Å². The standard InChI is InChI=1S/C20H20N2O3/c1-12-7-8-18-15(9-19(24)25-20(18)13(12)2)11-21-16-5-4-6-17(10-16)22-14(3)23/h4-10,21H,11H2,1-3H3,(H,22,23). The molecule has 5 heteroatoms. The Labute approximate surface area is 145 Å². The van der Waals surface area contributed by atoms with E-state index < -0.39 is 0 Å². The van der Waals surface area contributed by atoms with Crippen molar-refractivity contribution in [3.8, 4) is 0 Å². The van der Waals surface area contributed by atoms with Crippen molar-refractivity contribution >= 4 is 28.3 Å². The van der Waals surface area contributed by atoms with Crippen LogP contribution in [0.25, 0.3) is 11.0 Å². The first kappa shape index (κ1) is 16.8. The quantitative estimate of drug-likeness (QED) is 0.707. The summed E-state index contributed by atoms with van der Waals surface area (Å²) in [5, 5.41) is 6.97. The summed E-state index contributed by atoms with van der Waals surface area (Å²) in [6.45, 7) is 5.90. The maximum absolute atomic E-state index is 11.9. The van der Waals surface area contributed by atoms with E-state index in [4.69, 9.17) is 4.42 Å². The van der Waals surface area contributed by atoms with Crippen LogP contribution < -0.4 is 16.3 Å². The molecule has 2 aromatic carbocycles. The van der Waals surface area contributed by atoms with Crippen LogP contribution in [0, 0.1) is 13.8 Å². The second-order valence-corrected chi connectivity index (χ2v) is 6.09. The van der Waals surface area contributed by atoms with Crippen molar-refractivity contribution < 1.29 is 9.21 Å². The minimum Gasteiger partial charge on any atom is -0.422 e. The number of anilines is 2. The van der Waals surface area contributed by atoms with Crippen molar-refractivity contribution in [2.24, 2.45) is 0 Å². The molecule has 0 unspecified atom stereocenters. The molecule has 0 atom stereocenters. The maximum atomic E-state index is 11.9. The smallest absolute Gasteiger partial charge is 0.336 e. The molecule has 3 aromatic rings. The molecule has 0 saturated heterocycles. The Balaban J connectivity index is 1.90. The molecular weight excluding hydrogens is 316 g/mol. The summed E-state index contributed by atoms with van der Waals surface area (Å²) in [5.41, 5.74) is 4.80. The third-order valence-corrected chi connectivity index (χ3v) is 4.18. The lowest BCUT2D eigenvalue weighted by Gasteiger charge is -2.11. The van der Waals surface area contributed by atoms with Crippen LogP contribution in [-0.4, -0.2) is 5.91 Å². The van der Waals surface area contributed by atoms with E-state index in [0.717, 1.165) is 33.5 Å². The van der Waals surface area contributed by atoms with Crippen molar-refractivity contribution in [3.05, 3.63) is 69.6 Å². The molecule has 1 aromatic heterocycles. The van der Waals surface area contributed by atoms with Crippen LogP contribution in [0.3, 0.4) is 0 Å². The summed E-state index contributed by atoms with van der Waals surface area (Å²) in [6.07, 6.45) is 0. The number of rotatable bonds is 4. The topological polar surface area (TPSA) is 71.3 Å². The summed E-state index contributed by atoms with van der Waals surface area (Å²) >= 11 is 0. The first-order chi connectivity index (χ1) is 11.9. The zero-order valence-electron chi connectivity index (χ0n) is 14.5. The van der Waals surface area contributed by atoms with Gasteiger partial charge in [-0.2, -0.15) is 0 Å². The molecule has 128 valence electrons. The Bertz CT molecular complexity index is 1010. The lowest BCUT2D eigenvalue weighted by Crippen LogP contribution is -2.08. The molecular formula is C20H20N2O3. The van der Waals surface area contributed by atoms with Crippen LogP contribution in [-0.2, 0) is 11.3 Å². The van der Waals surface area contributed by atoms with Gasteiger partial charge in [-0.05, 0) is 48.7 Å². The minimum absolute atomic E-state index is 0.116. The first-order valence-electron chi connectivity index (χ1n) is 8.08. The largest absolute Gasteiger partial charge is 0.422 e. The van der Waals surface area contributed by atoms with Crippen LogP contribution in [0.4, 0.5) is 11.4 Å². The number of fused-ring (bicyclic) bond motifs is 1. The number of carbonyl (C=O) groups is 1. The summed E-state index contributed by atoms with van der Waals surface area (Å²) in [7, 11) is 0. The number of carbonyl (C=O) groups excluding carboxylic acids is 1. The highest BCUT2D eigenvalue weighted by Gasteiger charge is 2.09. The molecule has 0 aliphatic carbocycles. The van der Waals surface area contributed by atoms with Gasteiger partial charge in [-0.3, -0.25) is 4.79 Å². The molecule has 0 saturated carbocycles. The Hall–Kier alpha value is -3.08. The number of benzene rings is 2. The third-order valence-electron chi connectivity index (χ3n) is 4.18. The van der Waals surface area contributed by atoms with Crippen molar-refractivity contribution in [2.45, 2.75) is 27.3 Å². The fourth-order valence-electron chi connectivity index (χ4n) is 2.78. The van der Waals surface area contributed by atoms with E-state index in [1.54, 1.807) is 0 Å². The van der Waals surface area contributed by atoms with E-state index >= 15 is 0 Å². The highest BCUT2D eigenvalue weighted by molar-refractivity contribution is 5.89. The molecule has 0 radical (unpaired) electrons. The second kappa shape index (κ2) is 6.81. The van der Waals surface area contributed by atoms with Gasteiger partial charge in [0.2, 0.25) is 5.91 Å². The van der Waals surface area contributed by atoms with E-state index in [1.807, 2.05) is 50.2 Å². The molecule has 3 rings (SSSR count). The molecule has 0 spiro atoms. The Morgan fingerprint density at radius 3 is 2.60 bits per heavy atom. The van der Waals surface area contributed by atoms with Crippen LogP contribution >= 0.6 is 0 Å². The van der Waals surface area contributed by atoms with Gasteiger partial charge in [-0.1, -0.05) is 18.2 Å². The zero-order chi connectivity index (χ0) is 18.0. The zero-order valence-corrected chi connectivity index (χ0v) is 14.5. The lowest BCUT2D eigenvalue weighted by atomic mass is 10.0. The molecule has 1 heterocycles. The monoisotopic (exact) mass is 336 g/mol. The number of hydrogen-bond acceptors (Lipinski definition) is 4. The van der Waals surface area contributed by atoms with E-state index in [2.05, 4.69) is 10.6 Å². The van der Waals surface area contributed by atoms with Gasteiger partial charge in [-0.15, -0.1) is 0 Å². The maximum Gasteiger partial charge on any atom is 0.336 e. The molecule has 0 aliphatic rings. The predicted molar refractivity (Wildman–Crippen MR) is 100 cm³/mol. The molecule has 5 nitrogen and oxygen atoms in total. The van der Waals surface area contributed by atoms with Crippen LogP contribution in [0.15, 0.2) is 51.7 Å². The van der Waals surface area contributed by atoms with Gasteiger partial charge in [-0.25, -0.2) is 4.79 Å². The molecule has 0 aliphatic heterocycles. The van der Waals surface area contributed by atoms with E-state index in [9.17, 15) is 9.59 Å².